The van der Waals surface area contributed by atoms with E-state index in [9.17, 15) is 21.6 Å². The Morgan fingerprint density at radius 2 is 1.91 bits per heavy atom. The van der Waals surface area contributed by atoms with Gasteiger partial charge in [-0.05, 0) is 32.6 Å². The SMILES string of the molecule is CN(C)C1CCN(S(=O)(=O)c2ccccc2OC(F)(F)F)C1. The van der Waals surface area contributed by atoms with E-state index in [1.165, 1.54) is 16.4 Å². The third kappa shape index (κ3) is 3.71. The molecule has 0 saturated carbocycles. The first kappa shape index (κ1) is 17.0. The average molecular weight is 338 g/mol. The van der Waals surface area contributed by atoms with Crippen molar-refractivity contribution in [1.82, 2.24) is 9.21 Å². The molecule has 0 N–H and O–H groups in total. The molecule has 0 amide bonds. The van der Waals surface area contributed by atoms with Crippen LogP contribution in [0.3, 0.4) is 0 Å². The van der Waals surface area contributed by atoms with Gasteiger partial charge in [0.25, 0.3) is 0 Å². The van der Waals surface area contributed by atoms with Crippen LogP contribution in [0.15, 0.2) is 29.2 Å². The second-order valence-corrected chi connectivity index (χ2v) is 7.17. The van der Waals surface area contributed by atoms with Crippen molar-refractivity contribution in [2.24, 2.45) is 0 Å². The average Bonchev–Trinajstić information content (AvgIpc) is 2.87. The molecular weight excluding hydrogens is 321 g/mol. The molecule has 1 atom stereocenters. The van der Waals surface area contributed by atoms with Gasteiger partial charge in [-0.2, -0.15) is 4.31 Å². The molecule has 1 heterocycles. The van der Waals surface area contributed by atoms with Crippen LogP contribution in [0.25, 0.3) is 0 Å². The minimum Gasteiger partial charge on any atom is -0.404 e. The fourth-order valence-electron chi connectivity index (χ4n) is 2.36. The Hall–Kier alpha value is -1.32. The Kier molecular flexibility index (Phi) is 4.69. The summed E-state index contributed by atoms with van der Waals surface area (Å²) in [5.74, 6) is -0.705. The third-order valence-corrected chi connectivity index (χ3v) is 5.45. The lowest BCUT2D eigenvalue weighted by Gasteiger charge is -2.21. The second-order valence-electron chi connectivity index (χ2n) is 5.26. The number of hydrogen-bond acceptors (Lipinski definition) is 4. The molecule has 22 heavy (non-hydrogen) atoms. The van der Waals surface area contributed by atoms with E-state index in [0.717, 1.165) is 12.1 Å². The van der Waals surface area contributed by atoms with E-state index in [1.807, 2.05) is 19.0 Å². The number of para-hydroxylation sites is 1. The van der Waals surface area contributed by atoms with E-state index in [0.29, 0.717) is 6.42 Å². The summed E-state index contributed by atoms with van der Waals surface area (Å²) >= 11 is 0. The lowest BCUT2D eigenvalue weighted by molar-refractivity contribution is -0.275. The van der Waals surface area contributed by atoms with Gasteiger partial charge in [-0.1, -0.05) is 12.1 Å². The number of sulfonamides is 1. The molecule has 124 valence electrons. The summed E-state index contributed by atoms with van der Waals surface area (Å²) in [6, 6.07) is 4.84. The zero-order chi connectivity index (χ0) is 16.5. The van der Waals surface area contributed by atoms with E-state index in [1.54, 1.807) is 0 Å². The minimum atomic E-state index is -4.94. The molecule has 0 radical (unpaired) electrons. The predicted octanol–water partition coefficient (Wildman–Crippen LogP) is 1.91. The van der Waals surface area contributed by atoms with Gasteiger partial charge in [0.1, 0.15) is 10.6 Å². The molecule has 1 aliphatic heterocycles. The number of halogens is 3. The summed E-state index contributed by atoms with van der Waals surface area (Å²) in [6.07, 6.45) is -4.31. The molecule has 1 aromatic rings. The molecule has 1 aliphatic rings. The zero-order valence-electron chi connectivity index (χ0n) is 12.2. The number of nitrogens with zero attached hydrogens (tertiary/aromatic N) is 2. The molecule has 2 rings (SSSR count). The van der Waals surface area contributed by atoms with Gasteiger partial charge in [0.05, 0.1) is 0 Å². The number of benzene rings is 1. The van der Waals surface area contributed by atoms with Crippen molar-refractivity contribution in [3.05, 3.63) is 24.3 Å². The topological polar surface area (TPSA) is 49.9 Å². The highest BCUT2D eigenvalue weighted by atomic mass is 32.2. The number of rotatable bonds is 4. The molecule has 1 saturated heterocycles. The van der Waals surface area contributed by atoms with Crippen LogP contribution >= 0.6 is 0 Å². The van der Waals surface area contributed by atoms with E-state index in [4.69, 9.17) is 0 Å². The Bertz CT molecular complexity index is 632. The molecule has 1 fully saturated rings. The van der Waals surface area contributed by atoms with Gasteiger partial charge in [-0.25, -0.2) is 8.42 Å². The number of alkyl halides is 3. The molecular formula is C13H17F3N2O3S. The normalized spacial score (nSPS) is 20.5. The molecule has 0 bridgehead atoms. The molecule has 0 aromatic heterocycles. The van der Waals surface area contributed by atoms with Crippen molar-refractivity contribution in [2.75, 3.05) is 27.2 Å². The fraction of sp³-hybridized carbons (Fsp3) is 0.538. The number of hydrogen-bond donors (Lipinski definition) is 0. The lowest BCUT2D eigenvalue weighted by Crippen LogP contribution is -2.34. The highest BCUT2D eigenvalue weighted by molar-refractivity contribution is 7.89. The summed E-state index contributed by atoms with van der Waals surface area (Å²) in [6.45, 7) is 0.515. The highest BCUT2D eigenvalue weighted by Gasteiger charge is 2.38. The smallest absolute Gasteiger partial charge is 0.404 e. The molecule has 5 nitrogen and oxygen atoms in total. The lowest BCUT2D eigenvalue weighted by atomic mass is 10.2. The minimum absolute atomic E-state index is 0.0467. The summed E-state index contributed by atoms with van der Waals surface area (Å²) in [4.78, 5) is 1.43. The van der Waals surface area contributed by atoms with Gasteiger partial charge in [-0.3, -0.25) is 0 Å². The summed E-state index contributed by atoms with van der Waals surface area (Å²) in [5.41, 5.74) is 0. The molecule has 9 heteroatoms. The van der Waals surface area contributed by atoms with Crippen LogP contribution in [0.4, 0.5) is 13.2 Å². The largest absolute Gasteiger partial charge is 0.573 e. The Morgan fingerprint density at radius 1 is 1.27 bits per heavy atom. The van der Waals surface area contributed by atoms with Gasteiger partial charge in [0.2, 0.25) is 10.0 Å². The fourth-order valence-corrected chi connectivity index (χ4v) is 3.97. The van der Waals surface area contributed by atoms with Crippen molar-refractivity contribution in [3.8, 4) is 5.75 Å². The van der Waals surface area contributed by atoms with Crippen molar-refractivity contribution < 1.29 is 26.3 Å². The van der Waals surface area contributed by atoms with Crippen molar-refractivity contribution >= 4 is 10.0 Å². The summed E-state index contributed by atoms with van der Waals surface area (Å²) in [5, 5.41) is 0. The molecule has 1 aromatic carbocycles. The molecule has 0 aliphatic carbocycles. The summed E-state index contributed by atoms with van der Waals surface area (Å²) in [7, 11) is -0.357. The first-order chi connectivity index (χ1) is 10.1. The van der Waals surface area contributed by atoms with Crippen LogP contribution in [0.5, 0.6) is 5.75 Å². The van der Waals surface area contributed by atoms with Crippen LogP contribution in [0.1, 0.15) is 6.42 Å². The monoisotopic (exact) mass is 338 g/mol. The first-order valence-corrected chi connectivity index (χ1v) is 8.06. The second kappa shape index (κ2) is 6.05. The Labute approximate surface area is 127 Å². The zero-order valence-corrected chi connectivity index (χ0v) is 13.0. The van der Waals surface area contributed by atoms with Crippen LogP contribution in [0, 0.1) is 0 Å². The van der Waals surface area contributed by atoms with E-state index < -0.39 is 27.0 Å². The predicted molar refractivity (Wildman–Crippen MR) is 74.0 cm³/mol. The quantitative estimate of drug-likeness (QED) is 0.842. The molecule has 0 spiro atoms. The van der Waals surface area contributed by atoms with Gasteiger partial charge in [-0.15, -0.1) is 13.2 Å². The third-order valence-electron chi connectivity index (χ3n) is 3.55. The standard InChI is InChI=1S/C13H17F3N2O3S/c1-17(2)10-7-8-18(9-10)22(19,20)12-6-4-3-5-11(12)21-13(14,15)16/h3-6,10H,7-9H2,1-2H3. The maximum Gasteiger partial charge on any atom is 0.573 e. The van der Waals surface area contributed by atoms with E-state index in [2.05, 4.69) is 4.74 Å². The summed E-state index contributed by atoms with van der Waals surface area (Å²) < 4.78 is 67.4. The molecule has 1 unspecified atom stereocenters. The van der Waals surface area contributed by atoms with Crippen molar-refractivity contribution in [2.45, 2.75) is 23.7 Å². The van der Waals surface area contributed by atoms with Gasteiger partial charge >= 0.3 is 6.36 Å². The van der Waals surface area contributed by atoms with Gasteiger partial charge in [0.15, 0.2) is 0 Å². The maximum atomic E-state index is 12.6. The first-order valence-electron chi connectivity index (χ1n) is 6.62. The Balaban J connectivity index is 2.31. The van der Waals surface area contributed by atoms with Crippen LogP contribution < -0.4 is 4.74 Å². The van der Waals surface area contributed by atoms with E-state index >= 15 is 0 Å². The van der Waals surface area contributed by atoms with Gasteiger partial charge in [0, 0.05) is 19.1 Å². The van der Waals surface area contributed by atoms with E-state index in [-0.39, 0.29) is 19.1 Å². The number of ether oxygens (including phenoxy) is 1. The van der Waals surface area contributed by atoms with Gasteiger partial charge < -0.3 is 9.64 Å². The van der Waals surface area contributed by atoms with Crippen molar-refractivity contribution in [1.29, 1.82) is 0 Å². The van der Waals surface area contributed by atoms with Crippen molar-refractivity contribution in [3.63, 3.8) is 0 Å². The van der Waals surface area contributed by atoms with Crippen LogP contribution in [0.2, 0.25) is 0 Å². The van der Waals surface area contributed by atoms with Crippen LogP contribution in [-0.2, 0) is 10.0 Å². The Morgan fingerprint density at radius 3 is 2.45 bits per heavy atom. The maximum absolute atomic E-state index is 12.6. The van der Waals surface area contributed by atoms with Crippen LogP contribution in [-0.4, -0.2) is 57.2 Å². The highest BCUT2D eigenvalue weighted by Crippen LogP contribution is 2.32. The number of likely N-dealkylation sites (N-methyl/N-ethyl adjacent to an activating group) is 1.